The first kappa shape index (κ1) is 19.9. The summed E-state index contributed by atoms with van der Waals surface area (Å²) in [6, 6.07) is 14.4. The highest BCUT2D eigenvalue weighted by atomic mass is 16.5. The minimum absolute atomic E-state index is 0.179. The molecule has 142 valence electrons. The summed E-state index contributed by atoms with van der Waals surface area (Å²) in [5.41, 5.74) is 0.784. The second kappa shape index (κ2) is 10.6. The fourth-order valence-corrected chi connectivity index (χ4v) is 2.25. The third-order valence-electron chi connectivity index (χ3n) is 3.66. The van der Waals surface area contributed by atoms with E-state index in [-0.39, 0.29) is 18.9 Å². The van der Waals surface area contributed by atoms with E-state index in [4.69, 9.17) is 24.2 Å². The number of hydrogen-bond acceptors (Lipinski definition) is 6. The van der Waals surface area contributed by atoms with Gasteiger partial charge in [0.2, 0.25) is 5.91 Å². The molecular weight excluding hydrogens is 348 g/mol. The second-order valence-electron chi connectivity index (χ2n) is 5.46. The third-order valence-corrected chi connectivity index (χ3v) is 3.66. The molecule has 0 radical (unpaired) electrons. The Kier molecular flexibility index (Phi) is 7.79. The molecule has 2 aromatic rings. The Morgan fingerprint density at radius 2 is 1.59 bits per heavy atom. The van der Waals surface area contributed by atoms with Crippen LogP contribution in [0.3, 0.4) is 0 Å². The van der Waals surface area contributed by atoms with E-state index in [1.165, 1.54) is 0 Å². The Labute approximate surface area is 158 Å². The quantitative estimate of drug-likeness (QED) is 0.647. The molecule has 0 fully saturated rings. The fourth-order valence-electron chi connectivity index (χ4n) is 2.25. The average molecular weight is 370 g/mol. The normalized spacial score (nSPS) is 9.81. The molecule has 0 unspecified atom stereocenters. The molecule has 0 spiro atoms. The summed E-state index contributed by atoms with van der Waals surface area (Å²) in [7, 11) is 3.18. The number of hydrogen-bond donors (Lipinski definition) is 1. The van der Waals surface area contributed by atoms with E-state index in [1.807, 2.05) is 36.4 Å². The van der Waals surface area contributed by atoms with E-state index in [0.29, 0.717) is 30.5 Å². The number of rotatable bonds is 10. The van der Waals surface area contributed by atoms with Gasteiger partial charge in [-0.15, -0.1) is 0 Å². The predicted molar refractivity (Wildman–Crippen MR) is 99.1 cm³/mol. The van der Waals surface area contributed by atoms with Crippen molar-refractivity contribution in [3.05, 3.63) is 48.0 Å². The monoisotopic (exact) mass is 370 g/mol. The minimum Gasteiger partial charge on any atom is -0.497 e. The maximum atomic E-state index is 11.5. The van der Waals surface area contributed by atoms with E-state index >= 15 is 0 Å². The Balaban J connectivity index is 1.90. The summed E-state index contributed by atoms with van der Waals surface area (Å²) in [5.74, 6) is 2.38. The van der Waals surface area contributed by atoms with Crippen LogP contribution in [0.4, 0.5) is 0 Å². The molecule has 1 amide bonds. The van der Waals surface area contributed by atoms with E-state index in [2.05, 4.69) is 5.32 Å². The number of methoxy groups -OCH3 is 2. The zero-order chi connectivity index (χ0) is 19.5. The minimum atomic E-state index is -0.331. The van der Waals surface area contributed by atoms with Crippen molar-refractivity contribution in [3.8, 4) is 29.1 Å². The third kappa shape index (κ3) is 6.44. The lowest BCUT2D eigenvalue weighted by molar-refractivity contribution is -0.120. The zero-order valence-corrected chi connectivity index (χ0v) is 15.4. The largest absolute Gasteiger partial charge is 0.497 e. The van der Waals surface area contributed by atoms with Gasteiger partial charge in [0, 0.05) is 18.2 Å². The van der Waals surface area contributed by atoms with Crippen LogP contribution in [0.25, 0.3) is 0 Å². The van der Waals surface area contributed by atoms with Crippen molar-refractivity contribution in [1.82, 2.24) is 5.32 Å². The number of nitrogens with zero attached hydrogens (tertiary/aromatic N) is 1. The van der Waals surface area contributed by atoms with Gasteiger partial charge in [-0.05, 0) is 36.4 Å². The first-order chi connectivity index (χ1) is 13.2. The summed E-state index contributed by atoms with van der Waals surface area (Å²) < 4.78 is 21.7. The maximum Gasteiger partial charge on any atom is 0.234 e. The average Bonchev–Trinajstić information content (AvgIpc) is 2.70. The number of nitrogens with one attached hydrogen (secondary N) is 1. The SMILES string of the molecule is COc1ccc(OCCOc2cc(OC)ccc2CNC(=O)CC#N)cc1. The van der Waals surface area contributed by atoms with Crippen LogP contribution >= 0.6 is 0 Å². The maximum absolute atomic E-state index is 11.5. The number of carbonyl (C=O) groups is 1. The van der Waals surface area contributed by atoms with Gasteiger partial charge in [0.1, 0.15) is 42.6 Å². The second-order valence-corrected chi connectivity index (χ2v) is 5.46. The smallest absolute Gasteiger partial charge is 0.234 e. The van der Waals surface area contributed by atoms with Crippen LogP contribution in [0.5, 0.6) is 23.0 Å². The van der Waals surface area contributed by atoms with Crippen LogP contribution in [-0.4, -0.2) is 33.3 Å². The van der Waals surface area contributed by atoms with Gasteiger partial charge >= 0.3 is 0 Å². The molecule has 7 heteroatoms. The molecule has 0 aromatic heterocycles. The summed E-state index contributed by atoms with van der Waals surface area (Å²) >= 11 is 0. The Hall–Kier alpha value is -3.40. The Morgan fingerprint density at radius 3 is 2.26 bits per heavy atom. The van der Waals surface area contributed by atoms with Gasteiger partial charge in [-0.1, -0.05) is 0 Å². The van der Waals surface area contributed by atoms with Crippen molar-refractivity contribution in [2.24, 2.45) is 0 Å². The highest BCUT2D eigenvalue weighted by molar-refractivity contribution is 5.78. The number of amides is 1. The highest BCUT2D eigenvalue weighted by Gasteiger charge is 2.08. The molecule has 0 saturated heterocycles. The van der Waals surface area contributed by atoms with E-state index in [9.17, 15) is 4.79 Å². The van der Waals surface area contributed by atoms with Gasteiger partial charge in [-0.2, -0.15) is 5.26 Å². The fraction of sp³-hybridized carbons (Fsp3) is 0.300. The molecule has 2 rings (SSSR count). The molecule has 2 aromatic carbocycles. The van der Waals surface area contributed by atoms with Crippen molar-refractivity contribution in [3.63, 3.8) is 0 Å². The van der Waals surface area contributed by atoms with Crippen molar-refractivity contribution in [2.75, 3.05) is 27.4 Å². The van der Waals surface area contributed by atoms with Crippen molar-refractivity contribution >= 4 is 5.91 Å². The molecule has 0 atom stereocenters. The van der Waals surface area contributed by atoms with Gasteiger partial charge in [-0.3, -0.25) is 4.79 Å². The van der Waals surface area contributed by atoms with E-state index < -0.39 is 0 Å². The van der Waals surface area contributed by atoms with Gasteiger partial charge < -0.3 is 24.3 Å². The van der Waals surface area contributed by atoms with Gasteiger partial charge in [0.25, 0.3) is 0 Å². The van der Waals surface area contributed by atoms with Gasteiger partial charge in [0.05, 0.1) is 20.3 Å². The van der Waals surface area contributed by atoms with Crippen LogP contribution in [0.15, 0.2) is 42.5 Å². The molecule has 0 saturated carbocycles. The Bertz CT molecular complexity index is 784. The lowest BCUT2D eigenvalue weighted by Crippen LogP contribution is -2.22. The van der Waals surface area contributed by atoms with Gasteiger partial charge in [0.15, 0.2) is 0 Å². The first-order valence-corrected chi connectivity index (χ1v) is 8.36. The van der Waals surface area contributed by atoms with Crippen LogP contribution < -0.4 is 24.3 Å². The highest BCUT2D eigenvalue weighted by Crippen LogP contribution is 2.25. The van der Waals surface area contributed by atoms with E-state index in [1.54, 1.807) is 26.4 Å². The summed E-state index contributed by atoms with van der Waals surface area (Å²) in [6.45, 7) is 0.932. The van der Waals surface area contributed by atoms with Crippen molar-refractivity contribution < 1.29 is 23.7 Å². The van der Waals surface area contributed by atoms with Crippen molar-refractivity contribution in [1.29, 1.82) is 5.26 Å². The summed E-state index contributed by atoms with van der Waals surface area (Å²) in [4.78, 5) is 11.5. The summed E-state index contributed by atoms with van der Waals surface area (Å²) in [6.07, 6.45) is -0.179. The molecule has 0 aliphatic heterocycles. The molecular formula is C20H22N2O5. The molecule has 1 N–H and O–H groups in total. The number of carbonyl (C=O) groups excluding carboxylic acids is 1. The van der Waals surface area contributed by atoms with Gasteiger partial charge in [-0.25, -0.2) is 0 Å². The molecule has 27 heavy (non-hydrogen) atoms. The number of ether oxygens (including phenoxy) is 4. The van der Waals surface area contributed by atoms with Crippen LogP contribution in [-0.2, 0) is 11.3 Å². The van der Waals surface area contributed by atoms with Crippen LogP contribution in [0.2, 0.25) is 0 Å². The van der Waals surface area contributed by atoms with E-state index in [0.717, 1.165) is 11.3 Å². The number of benzene rings is 2. The molecule has 0 aliphatic rings. The first-order valence-electron chi connectivity index (χ1n) is 8.36. The van der Waals surface area contributed by atoms with Crippen molar-refractivity contribution in [2.45, 2.75) is 13.0 Å². The molecule has 7 nitrogen and oxygen atoms in total. The predicted octanol–water partition coefficient (Wildman–Crippen LogP) is 2.69. The number of nitriles is 1. The van der Waals surface area contributed by atoms with Crippen LogP contribution in [0.1, 0.15) is 12.0 Å². The summed E-state index contributed by atoms with van der Waals surface area (Å²) in [5, 5.41) is 11.2. The topological polar surface area (TPSA) is 89.8 Å². The Morgan fingerprint density at radius 1 is 0.963 bits per heavy atom. The van der Waals surface area contributed by atoms with Crippen LogP contribution in [0, 0.1) is 11.3 Å². The standard InChI is InChI=1S/C20H22N2O5/c1-24-16-5-7-17(8-6-16)26-11-12-27-19-13-18(25-2)4-3-15(19)14-22-20(23)9-10-21/h3-8,13H,9,11-12,14H2,1-2H3,(H,22,23). The lowest BCUT2D eigenvalue weighted by Gasteiger charge is -2.14. The zero-order valence-electron chi connectivity index (χ0n) is 15.4. The molecule has 0 aliphatic carbocycles. The lowest BCUT2D eigenvalue weighted by atomic mass is 10.2. The molecule has 0 heterocycles. The molecule has 0 bridgehead atoms.